The van der Waals surface area contributed by atoms with Crippen LogP contribution in [-0.4, -0.2) is 40.9 Å². The van der Waals surface area contributed by atoms with E-state index in [1.54, 1.807) is 13.2 Å². The number of fused-ring (bicyclic) bond motifs is 1. The van der Waals surface area contributed by atoms with Crippen LogP contribution in [0.25, 0.3) is 10.9 Å². The van der Waals surface area contributed by atoms with E-state index in [0.29, 0.717) is 0 Å². The first-order chi connectivity index (χ1) is 12.3. The highest BCUT2D eigenvalue weighted by Crippen LogP contribution is 2.19. The maximum Gasteiger partial charge on any atom is 0.190 e. The zero-order valence-electron chi connectivity index (χ0n) is 14.9. The molecule has 132 valence electrons. The van der Waals surface area contributed by atoms with Gasteiger partial charge in [-0.25, -0.2) is 0 Å². The van der Waals surface area contributed by atoms with Gasteiger partial charge in [-0.2, -0.15) is 5.10 Å². The van der Waals surface area contributed by atoms with E-state index >= 15 is 0 Å². The number of aliphatic imine (C=N–C) groups is 1. The highest BCUT2D eigenvalue weighted by molar-refractivity contribution is 5.84. The number of rotatable bonds is 7. The summed E-state index contributed by atoms with van der Waals surface area (Å²) in [6.45, 7) is 4.74. The number of nitrogens with zero attached hydrogens (tertiary/aromatic N) is 3. The van der Waals surface area contributed by atoms with Crippen molar-refractivity contribution in [3.8, 4) is 0 Å². The highest BCUT2D eigenvalue weighted by Gasteiger charge is 2.04. The smallest absolute Gasteiger partial charge is 0.190 e. The molecule has 2 aromatic heterocycles. The molecular weight excluding hydrogens is 312 g/mol. The van der Waals surface area contributed by atoms with Gasteiger partial charge < -0.3 is 15.6 Å². The molecule has 0 spiro atoms. The van der Waals surface area contributed by atoms with Crippen molar-refractivity contribution < 1.29 is 0 Å². The summed E-state index contributed by atoms with van der Waals surface area (Å²) in [4.78, 5) is 7.63. The Morgan fingerprint density at radius 1 is 1.28 bits per heavy atom. The summed E-state index contributed by atoms with van der Waals surface area (Å²) in [6.07, 6.45) is 7.85. The van der Waals surface area contributed by atoms with Crippen molar-refractivity contribution in [2.45, 2.75) is 26.3 Å². The van der Waals surface area contributed by atoms with Gasteiger partial charge in [0, 0.05) is 56.2 Å². The number of benzene rings is 1. The van der Waals surface area contributed by atoms with Crippen molar-refractivity contribution in [3.05, 3.63) is 54.0 Å². The van der Waals surface area contributed by atoms with E-state index in [0.717, 1.165) is 38.4 Å². The van der Waals surface area contributed by atoms with Gasteiger partial charge in [0.05, 0.1) is 0 Å². The second-order valence-electron chi connectivity index (χ2n) is 6.16. The maximum absolute atomic E-state index is 4.28. The van der Waals surface area contributed by atoms with Crippen LogP contribution >= 0.6 is 0 Å². The lowest BCUT2D eigenvalue weighted by Gasteiger charge is -2.11. The van der Waals surface area contributed by atoms with Crippen molar-refractivity contribution in [1.82, 2.24) is 25.4 Å². The van der Waals surface area contributed by atoms with E-state index in [2.05, 4.69) is 57.0 Å². The van der Waals surface area contributed by atoms with Gasteiger partial charge in [-0.3, -0.25) is 9.67 Å². The van der Waals surface area contributed by atoms with Crippen LogP contribution in [0.5, 0.6) is 0 Å². The van der Waals surface area contributed by atoms with Crippen molar-refractivity contribution in [1.29, 1.82) is 0 Å². The molecule has 6 nitrogen and oxygen atoms in total. The Bertz CT molecular complexity index is 816. The molecule has 0 amide bonds. The fourth-order valence-electron chi connectivity index (χ4n) is 2.92. The van der Waals surface area contributed by atoms with Gasteiger partial charge in [0.25, 0.3) is 0 Å². The topological polar surface area (TPSA) is 70.0 Å². The Hall–Kier alpha value is -2.76. The van der Waals surface area contributed by atoms with E-state index in [-0.39, 0.29) is 0 Å². The SMILES string of the molecule is CN=C(NCCCn1cccn1)NCCc1c[nH]c2cc(C)ccc12. The largest absolute Gasteiger partial charge is 0.361 e. The van der Waals surface area contributed by atoms with E-state index in [4.69, 9.17) is 0 Å². The second kappa shape index (κ2) is 8.37. The predicted molar refractivity (Wildman–Crippen MR) is 103 cm³/mol. The monoisotopic (exact) mass is 338 g/mol. The highest BCUT2D eigenvalue weighted by atomic mass is 15.3. The maximum atomic E-state index is 4.28. The molecule has 0 fully saturated rings. The fraction of sp³-hybridized carbons (Fsp3) is 0.368. The molecule has 6 heteroatoms. The molecule has 2 heterocycles. The third kappa shape index (κ3) is 4.62. The van der Waals surface area contributed by atoms with Crippen LogP contribution in [0.4, 0.5) is 0 Å². The molecule has 0 unspecified atom stereocenters. The van der Waals surface area contributed by atoms with Gasteiger partial charge in [-0.05, 0) is 43.0 Å². The molecule has 3 rings (SSSR count). The summed E-state index contributed by atoms with van der Waals surface area (Å²) >= 11 is 0. The molecule has 0 aliphatic carbocycles. The van der Waals surface area contributed by atoms with Crippen LogP contribution < -0.4 is 10.6 Å². The Kier molecular flexibility index (Phi) is 5.72. The lowest BCUT2D eigenvalue weighted by atomic mass is 10.1. The number of guanidine groups is 1. The molecule has 3 N–H and O–H groups in total. The number of hydrogen-bond donors (Lipinski definition) is 3. The standard InChI is InChI=1S/C19H26N6/c1-15-5-6-17-16(14-23-18(17)13-15)7-10-22-19(20-2)21-8-3-11-25-12-4-9-24-25/h4-6,9,12-14,23H,3,7-8,10-11H2,1-2H3,(H2,20,21,22). The van der Waals surface area contributed by atoms with Crippen molar-refractivity contribution in [3.63, 3.8) is 0 Å². The van der Waals surface area contributed by atoms with E-state index in [1.807, 2.05) is 16.9 Å². The van der Waals surface area contributed by atoms with Gasteiger partial charge in [-0.15, -0.1) is 0 Å². The van der Waals surface area contributed by atoms with Crippen LogP contribution in [0.2, 0.25) is 0 Å². The number of aryl methyl sites for hydroxylation is 2. The van der Waals surface area contributed by atoms with Gasteiger partial charge in [-0.1, -0.05) is 12.1 Å². The van der Waals surface area contributed by atoms with Crippen molar-refractivity contribution in [2.24, 2.45) is 4.99 Å². The van der Waals surface area contributed by atoms with Gasteiger partial charge >= 0.3 is 0 Å². The van der Waals surface area contributed by atoms with Gasteiger partial charge in [0.15, 0.2) is 5.96 Å². The van der Waals surface area contributed by atoms with Crippen molar-refractivity contribution >= 4 is 16.9 Å². The predicted octanol–water partition coefficient (Wildman–Crippen LogP) is 2.47. The summed E-state index contributed by atoms with van der Waals surface area (Å²) in [5.41, 5.74) is 3.81. The number of nitrogens with one attached hydrogen (secondary N) is 3. The van der Waals surface area contributed by atoms with Gasteiger partial charge in [0.2, 0.25) is 0 Å². The summed E-state index contributed by atoms with van der Waals surface area (Å²) in [5, 5.41) is 12.2. The molecule has 0 aliphatic rings. The molecule has 0 saturated carbocycles. The lowest BCUT2D eigenvalue weighted by Crippen LogP contribution is -2.39. The van der Waals surface area contributed by atoms with Crippen molar-refractivity contribution in [2.75, 3.05) is 20.1 Å². The Morgan fingerprint density at radius 3 is 2.96 bits per heavy atom. The minimum absolute atomic E-state index is 0.844. The normalized spacial score (nSPS) is 11.8. The van der Waals surface area contributed by atoms with E-state index < -0.39 is 0 Å². The Labute approximate surface area is 148 Å². The minimum Gasteiger partial charge on any atom is -0.361 e. The zero-order valence-corrected chi connectivity index (χ0v) is 14.9. The van der Waals surface area contributed by atoms with Crippen LogP contribution in [0.3, 0.4) is 0 Å². The number of aromatic amines is 1. The Morgan fingerprint density at radius 2 is 2.16 bits per heavy atom. The molecule has 0 bridgehead atoms. The van der Waals surface area contributed by atoms with Crippen LogP contribution in [0, 0.1) is 6.92 Å². The van der Waals surface area contributed by atoms with Gasteiger partial charge in [0.1, 0.15) is 0 Å². The fourth-order valence-corrected chi connectivity index (χ4v) is 2.92. The first-order valence-electron chi connectivity index (χ1n) is 8.75. The van der Waals surface area contributed by atoms with E-state index in [1.165, 1.54) is 22.0 Å². The van der Waals surface area contributed by atoms with Crippen LogP contribution in [-0.2, 0) is 13.0 Å². The summed E-state index contributed by atoms with van der Waals surface area (Å²) in [6, 6.07) is 8.48. The lowest BCUT2D eigenvalue weighted by molar-refractivity contribution is 0.570. The average Bonchev–Trinajstić information content (AvgIpc) is 3.26. The first-order valence-corrected chi connectivity index (χ1v) is 8.75. The third-order valence-electron chi connectivity index (χ3n) is 4.25. The summed E-state index contributed by atoms with van der Waals surface area (Å²) < 4.78 is 1.94. The summed E-state index contributed by atoms with van der Waals surface area (Å²) in [5.74, 6) is 0.844. The Balaban J connectivity index is 1.41. The average molecular weight is 338 g/mol. The quantitative estimate of drug-likeness (QED) is 0.352. The number of H-pyrrole nitrogens is 1. The molecule has 0 aliphatic heterocycles. The second-order valence-corrected chi connectivity index (χ2v) is 6.16. The third-order valence-corrected chi connectivity index (χ3v) is 4.25. The van der Waals surface area contributed by atoms with Crippen LogP contribution in [0.1, 0.15) is 17.5 Å². The zero-order chi connectivity index (χ0) is 17.5. The summed E-state index contributed by atoms with van der Waals surface area (Å²) in [7, 11) is 1.80. The number of hydrogen-bond acceptors (Lipinski definition) is 2. The van der Waals surface area contributed by atoms with E-state index in [9.17, 15) is 0 Å². The minimum atomic E-state index is 0.844. The molecule has 3 aromatic rings. The molecule has 0 atom stereocenters. The molecule has 1 aromatic carbocycles. The molecule has 0 saturated heterocycles. The molecule has 25 heavy (non-hydrogen) atoms. The molecular formula is C19H26N6. The number of aromatic nitrogens is 3. The molecule has 0 radical (unpaired) electrons. The van der Waals surface area contributed by atoms with Crippen LogP contribution in [0.15, 0.2) is 47.8 Å². The first kappa shape index (κ1) is 17.1.